The molecule has 0 aliphatic carbocycles. The molecule has 1 atom stereocenters. The molecule has 0 aliphatic heterocycles. The minimum atomic E-state index is -0.0337. The molecule has 0 aliphatic rings. The third-order valence-electron chi connectivity index (χ3n) is 4.88. The van der Waals surface area contributed by atoms with Crippen LogP contribution in [0.5, 0.6) is 0 Å². The van der Waals surface area contributed by atoms with Gasteiger partial charge in [0.1, 0.15) is 0 Å². The lowest BCUT2D eigenvalue weighted by Crippen LogP contribution is -2.28. The van der Waals surface area contributed by atoms with Crippen LogP contribution in [0.15, 0.2) is 54.7 Å². The summed E-state index contributed by atoms with van der Waals surface area (Å²) >= 11 is 6.26. The standard InChI is InChI=1S/C23H27ClN2O/c1-4-26-15-21(19-10-5-6-11-22(19)26)20(13-23(27)25-14-16(2)3)17-8-7-9-18(24)12-17/h5-12,15-16,20H,4,13-14H2,1-3H3,(H,25,27)/t20-/m0/s1. The SMILES string of the molecule is CCn1cc([C@@H](CC(=O)NCC(C)C)c2cccc(Cl)c2)c2ccccc21. The summed E-state index contributed by atoms with van der Waals surface area (Å²) in [4.78, 5) is 12.7. The van der Waals surface area contributed by atoms with Gasteiger partial charge in [-0.05, 0) is 42.2 Å². The molecule has 2 aromatic carbocycles. The van der Waals surface area contributed by atoms with E-state index in [2.05, 4.69) is 67.2 Å². The Bertz CT molecular complexity index is 929. The number of benzene rings is 2. The van der Waals surface area contributed by atoms with Crippen LogP contribution in [0.4, 0.5) is 0 Å². The van der Waals surface area contributed by atoms with Gasteiger partial charge in [0.15, 0.2) is 0 Å². The zero-order valence-corrected chi connectivity index (χ0v) is 17.0. The van der Waals surface area contributed by atoms with Gasteiger partial charge < -0.3 is 9.88 Å². The lowest BCUT2D eigenvalue weighted by Gasteiger charge is -2.18. The third-order valence-corrected chi connectivity index (χ3v) is 5.12. The first kappa shape index (κ1) is 19.5. The molecular weight excluding hydrogens is 356 g/mol. The summed E-state index contributed by atoms with van der Waals surface area (Å²) in [6, 6.07) is 16.2. The van der Waals surface area contributed by atoms with Crippen molar-refractivity contribution < 1.29 is 4.79 Å². The number of fused-ring (bicyclic) bond motifs is 1. The molecule has 0 unspecified atom stereocenters. The van der Waals surface area contributed by atoms with Crippen molar-refractivity contribution in [2.45, 2.75) is 39.7 Å². The zero-order valence-electron chi connectivity index (χ0n) is 16.2. The van der Waals surface area contributed by atoms with E-state index in [0.717, 1.165) is 12.1 Å². The van der Waals surface area contributed by atoms with E-state index in [1.807, 2.05) is 18.2 Å². The average Bonchev–Trinajstić information content (AvgIpc) is 3.03. The summed E-state index contributed by atoms with van der Waals surface area (Å²) in [6.45, 7) is 7.92. The molecule has 0 saturated heterocycles. The van der Waals surface area contributed by atoms with Crippen molar-refractivity contribution in [1.82, 2.24) is 9.88 Å². The number of nitrogens with zero attached hydrogens (tertiary/aromatic N) is 1. The fraction of sp³-hybridized carbons (Fsp3) is 0.348. The maximum absolute atomic E-state index is 12.7. The highest BCUT2D eigenvalue weighted by atomic mass is 35.5. The summed E-state index contributed by atoms with van der Waals surface area (Å²) in [6.07, 6.45) is 2.59. The van der Waals surface area contributed by atoms with Crippen molar-refractivity contribution in [2.24, 2.45) is 5.92 Å². The largest absolute Gasteiger partial charge is 0.356 e. The molecule has 1 N–H and O–H groups in total. The Hall–Kier alpha value is -2.26. The van der Waals surface area contributed by atoms with Crippen LogP contribution in [0.25, 0.3) is 10.9 Å². The van der Waals surface area contributed by atoms with Gasteiger partial charge in [-0.25, -0.2) is 0 Å². The highest BCUT2D eigenvalue weighted by Gasteiger charge is 2.22. The second-order valence-electron chi connectivity index (χ2n) is 7.40. The van der Waals surface area contributed by atoms with Gasteiger partial charge in [-0.15, -0.1) is 0 Å². The molecule has 3 aromatic rings. The summed E-state index contributed by atoms with van der Waals surface area (Å²) in [5.74, 6) is 0.469. The first-order chi connectivity index (χ1) is 13.0. The van der Waals surface area contributed by atoms with Crippen LogP contribution in [0, 0.1) is 5.92 Å². The molecule has 3 nitrogen and oxygen atoms in total. The monoisotopic (exact) mass is 382 g/mol. The molecule has 1 heterocycles. The van der Waals surface area contributed by atoms with Crippen molar-refractivity contribution >= 4 is 28.4 Å². The van der Waals surface area contributed by atoms with E-state index in [9.17, 15) is 4.79 Å². The van der Waals surface area contributed by atoms with Gasteiger partial charge in [-0.2, -0.15) is 0 Å². The van der Waals surface area contributed by atoms with Gasteiger partial charge in [0.25, 0.3) is 0 Å². The van der Waals surface area contributed by atoms with E-state index >= 15 is 0 Å². The normalized spacial score (nSPS) is 12.5. The van der Waals surface area contributed by atoms with Crippen LogP contribution in [-0.4, -0.2) is 17.0 Å². The molecule has 0 radical (unpaired) electrons. The van der Waals surface area contributed by atoms with Crippen LogP contribution >= 0.6 is 11.6 Å². The van der Waals surface area contributed by atoms with Crippen LogP contribution < -0.4 is 5.32 Å². The quantitative estimate of drug-likeness (QED) is 0.566. The summed E-state index contributed by atoms with van der Waals surface area (Å²) < 4.78 is 2.24. The van der Waals surface area contributed by atoms with Gasteiger partial charge in [-0.1, -0.05) is 55.8 Å². The van der Waals surface area contributed by atoms with E-state index in [-0.39, 0.29) is 11.8 Å². The van der Waals surface area contributed by atoms with Crippen molar-refractivity contribution in [3.8, 4) is 0 Å². The number of halogens is 1. The van der Waals surface area contributed by atoms with Gasteiger partial charge >= 0.3 is 0 Å². The predicted molar refractivity (Wildman–Crippen MR) is 113 cm³/mol. The second-order valence-corrected chi connectivity index (χ2v) is 7.83. The molecule has 0 spiro atoms. The fourth-order valence-corrected chi connectivity index (χ4v) is 3.72. The first-order valence-corrected chi connectivity index (χ1v) is 9.97. The van der Waals surface area contributed by atoms with E-state index in [0.29, 0.717) is 23.9 Å². The number of carbonyl (C=O) groups excluding carboxylic acids is 1. The number of hydrogen-bond acceptors (Lipinski definition) is 1. The van der Waals surface area contributed by atoms with Gasteiger partial charge in [0.2, 0.25) is 5.91 Å². The number of rotatable bonds is 7. The number of carbonyl (C=O) groups is 1. The predicted octanol–water partition coefficient (Wildman–Crippen LogP) is 5.61. The van der Waals surface area contributed by atoms with Gasteiger partial charge in [0.05, 0.1) is 0 Å². The van der Waals surface area contributed by atoms with Crippen LogP contribution in [0.1, 0.15) is 44.2 Å². The summed E-state index contributed by atoms with van der Waals surface area (Å²) in [5.41, 5.74) is 3.44. The third kappa shape index (κ3) is 4.54. The van der Waals surface area contributed by atoms with Gasteiger partial charge in [0, 0.05) is 47.6 Å². The molecule has 4 heteroatoms. The van der Waals surface area contributed by atoms with Crippen molar-refractivity contribution in [2.75, 3.05) is 6.54 Å². The van der Waals surface area contributed by atoms with E-state index in [1.54, 1.807) is 0 Å². The molecule has 3 rings (SSSR count). The van der Waals surface area contributed by atoms with Gasteiger partial charge in [-0.3, -0.25) is 4.79 Å². The molecule has 1 aromatic heterocycles. The van der Waals surface area contributed by atoms with Crippen molar-refractivity contribution in [3.63, 3.8) is 0 Å². The zero-order chi connectivity index (χ0) is 19.4. The Morgan fingerprint density at radius 3 is 2.63 bits per heavy atom. The topological polar surface area (TPSA) is 34.0 Å². The number of amides is 1. The first-order valence-electron chi connectivity index (χ1n) is 9.59. The van der Waals surface area contributed by atoms with E-state index in [4.69, 9.17) is 11.6 Å². The van der Waals surface area contributed by atoms with Crippen molar-refractivity contribution in [3.05, 3.63) is 70.9 Å². The smallest absolute Gasteiger partial charge is 0.220 e. The van der Waals surface area contributed by atoms with Crippen molar-refractivity contribution in [1.29, 1.82) is 0 Å². The number of aryl methyl sites for hydroxylation is 1. The minimum absolute atomic E-state index is 0.0337. The highest BCUT2D eigenvalue weighted by molar-refractivity contribution is 6.30. The number of para-hydroxylation sites is 1. The lowest BCUT2D eigenvalue weighted by atomic mass is 9.88. The fourth-order valence-electron chi connectivity index (χ4n) is 3.52. The van der Waals surface area contributed by atoms with Crippen LogP contribution in [0.3, 0.4) is 0 Å². The molecule has 0 bridgehead atoms. The molecule has 1 amide bonds. The summed E-state index contributed by atoms with van der Waals surface area (Å²) in [7, 11) is 0. The Kier molecular flexibility index (Phi) is 6.22. The molecule has 27 heavy (non-hydrogen) atoms. The Labute approximate surface area is 166 Å². The molecule has 0 saturated carbocycles. The number of hydrogen-bond donors (Lipinski definition) is 1. The molecule has 142 valence electrons. The maximum Gasteiger partial charge on any atom is 0.220 e. The van der Waals surface area contributed by atoms with Crippen LogP contribution in [0.2, 0.25) is 5.02 Å². The molecular formula is C23H27ClN2O. The van der Waals surface area contributed by atoms with E-state index < -0.39 is 0 Å². The Balaban J connectivity index is 2.03. The maximum atomic E-state index is 12.7. The highest BCUT2D eigenvalue weighted by Crippen LogP contribution is 2.35. The van der Waals surface area contributed by atoms with E-state index in [1.165, 1.54) is 16.5 Å². The minimum Gasteiger partial charge on any atom is -0.356 e. The lowest BCUT2D eigenvalue weighted by molar-refractivity contribution is -0.121. The second kappa shape index (κ2) is 8.62. The Morgan fingerprint density at radius 2 is 1.93 bits per heavy atom. The Morgan fingerprint density at radius 1 is 1.15 bits per heavy atom. The molecule has 0 fully saturated rings. The average molecular weight is 383 g/mol. The number of aromatic nitrogens is 1. The van der Waals surface area contributed by atoms with Crippen LogP contribution in [-0.2, 0) is 11.3 Å². The number of nitrogens with one attached hydrogen (secondary N) is 1. The summed E-state index contributed by atoms with van der Waals surface area (Å²) in [5, 5.41) is 4.95.